The molecule has 0 spiro atoms. The van der Waals surface area contributed by atoms with Gasteiger partial charge in [0.2, 0.25) is 0 Å². The molecule has 100 valence electrons. The van der Waals surface area contributed by atoms with Crippen molar-refractivity contribution < 1.29 is 9.53 Å². The molecule has 0 radical (unpaired) electrons. The molecule has 0 aliphatic rings. The standard InChI is InChI=1S/C14H20BrNO2/c1-11(10-15)6-5-9-16-14(17)12-7-3-4-8-13(12)18-2/h3-4,7-8,11H,5-6,9-10H2,1-2H3,(H,16,17). The summed E-state index contributed by atoms with van der Waals surface area (Å²) in [4.78, 5) is 11.9. The first-order valence-corrected chi connectivity index (χ1v) is 7.28. The summed E-state index contributed by atoms with van der Waals surface area (Å²) in [7, 11) is 1.57. The van der Waals surface area contributed by atoms with Crippen molar-refractivity contribution in [2.24, 2.45) is 5.92 Å². The van der Waals surface area contributed by atoms with Gasteiger partial charge in [-0.25, -0.2) is 0 Å². The van der Waals surface area contributed by atoms with Crippen molar-refractivity contribution in [1.82, 2.24) is 5.32 Å². The summed E-state index contributed by atoms with van der Waals surface area (Å²) in [6, 6.07) is 7.26. The van der Waals surface area contributed by atoms with Gasteiger partial charge in [-0.05, 0) is 30.9 Å². The van der Waals surface area contributed by atoms with Crippen molar-refractivity contribution in [2.75, 3.05) is 19.0 Å². The highest BCUT2D eigenvalue weighted by atomic mass is 79.9. The Morgan fingerprint density at radius 1 is 1.44 bits per heavy atom. The Labute approximate surface area is 117 Å². The first kappa shape index (κ1) is 15.0. The Bertz CT molecular complexity index is 382. The number of carbonyl (C=O) groups excluding carboxylic acids is 1. The monoisotopic (exact) mass is 313 g/mol. The minimum absolute atomic E-state index is 0.0704. The third-order valence-electron chi connectivity index (χ3n) is 2.77. The third kappa shape index (κ3) is 4.69. The molecule has 0 saturated carbocycles. The van der Waals surface area contributed by atoms with E-state index in [4.69, 9.17) is 4.74 Å². The van der Waals surface area contributed by atoms with Gasteiger partial charge in [-0.1, -0.05) is 35.0 Å². The second-order valence-corrected chi connectivity index (χ2v) is 5.01. The smallest absolute Gasteiger partial charge is 0.255 e. The summed E-state index contributed by atoms with van der Waals surface area (Å²) in [6.45, 7) is 2.89. The minimum Gasteiger partial charge on any atom is -0.496 e. The molecule has 0 saturated heterocycles. The van der Waals surface area contributed by atoms with Crippen LogP contribution in [0.15, 0.2) is 24.3 Å². The predicted octanol–water partition coefficient (Wildman–Crippen LogP) is 3.24. The van der Waals surface area contributed by atoms with Gasteiger partial charge < -0.3 is 10.1 Å². The topological polar surface area (TPSA) is 38.3 Å². The summed E-state index contributed by atoms with van der Waals surface area (Å²) in [6.07, 6.45) is 2.10. The summed E-state index contributed by atoms with van der Waals surface area (Å²) in [5, 5.41) is 3.93. The molecule has 3 nitrogen and oxygen atoms in total. The van der Waals surface area contributed by atoms with Crippen molar-refractivity contribution in [3.63, 3.8) is 0 Å². The molecule has 0 aliphatic carbocycles. The quantitative estimate of drug-likeness (QED) is 0.620. The number of para-hydroxylation sites is 1. The highest BCUT2D eigenvalue weighted by Crippen LogP contribution is 2.16. The number of amides is 1. The molecule has 1 aromatic rings. The van der Waals surface area contributed by atoms with Crippen molar-refractivity contribution in [3.05, 3.63) is 29.8 Å². The summed E-state index contributed by atoms with van der Waals surface area (Å²) in [5.74, 6) is 1.19. The van der Waals surface area contributed by atoms with E-state index in [9.17, 15) is 4.79 Å². The number of ether oxygens (including phenoxy) is 1. The Morgan fingerprint density at radius 3 is 2.83 bits per heavy atom. The van der Waals surface area contributed by atoms with Crippen LogP contribution in [0.2, 0.25) is 0 Å². The Kier molecular flexibility index (Phi) is 6.80. The number of nitrogens with one attached hydrogen (secondary N) is 1. The molecule has 0 aromatic heterocycles. The van der Waals surface area contributed by atoms with Crippen molar-refractivity contribution in [2.45, 2.75) is 19.8 Å². The summed E-state index contributed by atoms with van der Waals surface area (Å²) in [5.41, 5.74) is 0.591. The maximum absolute atomic E-state index is 11.9. The van der Waals surface area contributed by atoms with Crippen LogP contribution in [0.3, 0.4) is 0 Å². The van der Waals surface area contributed by atoms with Crippen LogP contribution in [-0.4, -0.2) is 24.9 Å². The molecule has 1 atom stereocenters. The van der Waals surface area contributed by atoms with Gasteiger partial charge in [-0.3, -0.25) is 4.79 Å². The van der Waals surface area contributed by atoms with Gasteiger partial charge in [0.25, 0.3) is 5.91 Å². The zero-order valence-corrected chi connectivity index (χ0v) is 12.5. The van der Waals surface area contributed by atoms with Crippen LogP contribution in [-0.2, 0) is 0 Å². The fourth-order valence-corrected chi connectivity index (χ4v) is 1.98. The van der Waals surface area contributed by atoms with Crippen LogP contribution in [0.25, 0.3) is 0 Å². The molecule has 0 heterocycles. The Morgan fingerprint density at radius 2 is 2.17 bits per heavy atom. The molecular formula is C14H20BrNO2. The van der Waals surface area contributed by atoms with Crippen molar-refractivity contribution in [3.8, 4) is 5.75 Å². The molecule has 1 aromatic carbocycles. The van der Waals surface area contributed by atoms with Crippen LogP contribution in [0.5, 0.6) is 5.75 Å². The van der Waals surface area contributed by atoms with E-state index < -0.39 is 0 Å². The fraction of sp³-hybridized carbons (Fsp3) is 0.500. The van der Waals surface area contributed by atoms with E-state index in [-0.39, 0.29) is 5.91 Å². The third-order valence-corrected chi connectivity index (χ3v) is 3.88. The van der Waals surface area contributed by atoms with Crippen LogP contribution >= 0.6 is 15.9 Å². The van der Waals surface area contributed by atoms with Crippen LogP contribution in [0.4, 0.5) is 0 Å². The van der Waals surface area contributed by atoms with Gasteiger partial charge in [-0.15, -0.1) is 0 Å². The van der Waals surface area contributed by atoms with E-state index in [0.29, 0.717) is 23.8 Å². The molecule has 1 amide bonds. The first-order valence-electron chi connectivity index (χ1n) is 6.16. The van der Waals surface area contributed by atoms with Gasteiger partial charge in [-0.2, -0.15) is 0 Å². The number of hydrogen-bond acceptors (Lipinski definition) is 2. The second kappa shape index (κ2) is 8.14. The molecule has 18 heavy (non-hydrogen) atoms. The van der Waals surface area contributed by atoms with Gasteiger partial charge >= 0.3 is 0 Å². The molecule has 0 aliphatic heterocycles. The van der Waals surface area contributed by atoms with Gasteiger partial charge in [0.05, 0.1) is 12.7 Å². The number of alkyl halides is 1. The summed E-state index contributed by atoms with van der Waals surface area (Å²) < 4.78 is 5.16. The normalized spacial score (nSPS) is 11.9. The lowest BCUT2D eigenvalue weighted by molar-refractivity contribution is 0.0949. The van der Waals surface area contributed by atoms with Gasteiger partial charge in [0.1, 0.15) is 5.75 Å². The molecule has 4 heteroatoms. The SMILES string of the molecule is COc1ccccc1C(=O)NCCCC(C)CBr. The Hall–Kier alpha value is -1.03. The van der Waals surface area contributed by atoms with Crippen molar-refractivity contribution >= 4 is 21.8 Å². The summed E-state index contributed by atoms with van der Waals surface area (Å²) >= 11 is 3.45. The van der Waals surface area contributed by atoms with Crippen LogP contribution in [0, 0.1) is 5.92 Å². The number of rotatable bonds is 7. The number of benzene rings is 1. The molecule has 1 rings (SSSR count). The van der Waals surface area contributed by atoms with E-state index in [1.807, 2.05) is 12.1 Å². The van der Waals surface area contributed by atoms with E-state index in [1.54, 1.807) is 19.2 Å². The van der Waals surface area contributed by atoms with E-state index in [1.165, 1.54) is 0 Å². The lowest BCUT2D eigenvalue weighted by Gasteiger charge is -2.10. The van der Waals surface area contributed by atoms with Crippen molar-refractivity contribution in [1.29, 1.82) is 0 Å². The minimum atomic E-state index is -0.0704. The van der Waals surface area contributed by atoms with E-state index in [0.717, 1.165) is 18.2 Å². The van der Waals surface area contributed by atoms with Gasteiger partial charge in [0.15, 0.2) is 0 Å². The number of hydrogen-bond donors (Lipinski definition) is 1. The van der Waals surface area contributed by atoms with Gasteiger partial charge in [0, 0.05) is 11.9 Å². The van der Waals surface area contributed by atoms with Crippen LogP contribution in [0.1, 0.15) is 30.1 Å². The molecule has 0 fully saturated rings. The highest BCUT2D eigenvalue weighted by molar-refractivity contribution is 9.09. The van der Waals surface area contributed by atoms with Crippen LogP contribution < -0.4 is 10.1 Å². The molecule has 1 unspecified atom stereocenters. The number of carbonyl (C=O) groups is 1. The number of halogens is 1. The molecule has 1 N–H and O–H groups in total. The maximum Gasteiger partial charge on any atom is 0.255 e. The highest BCUT2D eigenvalue weighted by Gasteiger charge is 2.10. The lowest BCUT2D eigenvalue weighted by Crippen LogP contribution is -2.25. The molecule has 0 bridgehead atoms. The average Bonchev–Trinajstić information content (AvgIpc) is 2.42. The average molecular weight is 314 g/mol. The zero-order valence-electron chi connectivity index (χ0n) is 10.9. The first-order chi connectivity index (χ1) is 8.69. The number of methoxy groups -OCH3 is 1. The van der Waals surface area contributed by atoms with E-state index in [2.05, 4.69) is 28.2 Å². The predicted molar refractivity (Wildman–Crippen MR) is 77.5 cm³/mol. The fourth-order valence-electron chi connectivity index (χ4n) is 1.66. The second-order valence-electron chi connectivity index (χ2n) is 4.36. The maximum atomic E-state index is 11.9. The Balaban J connectivity index is 2.41. The van der Waals surface area contributed by atoms with E-state index >= 15 is 0 Å². The zero-order chi connectivity index (χ0) is 13.4. The molecular weight excluding hydrogens is 294 g/mol. The lowest BCUT2D eigenvalue weighted by atomic mass is 10.1. The largest absolute Gasteiger partial charge is 0.496 e.